The molecule has 0 bridgehead atoms. The summed E-state index contributed by atoms with van der Waals surface area (Å²) in [5.74, 6) is -2.43. The second-order valence-electron chi connectivity index (χ2n) is 2.16. The first-order chi connectivity index (χ1) is 4.63. The van der Waals surface area contributed by atoms with E-state index in [1.807, 2.05) is 0 Å². The fraction of sp³-hybridized carbons (Fsp3) is 0.800. The molecular formula is C5H8O5. The van der Waals surface area contributed by atoms with Crippen molar-refractivity contribution in [1.82, 2.24) is 0 Å². The second-order valence-corrected chi connectivity index (χ2v) is 2.16. The van der Waals surface area contributed by atoms with Crippen molar-refractivity contribution >= 4 is 5.97 Å². The number of hydrogen-bond acceptors (Lipinski definition) is 4. The highest BCUT2D eigenvalue weighted by Gasteiger charge is 2.40. The van der Waals surface area contributed by atoms with Gasteiger partial charge in [0.25, 0.3) is 0 Å². The molecule has 0 aromatic heterocycles. The van der Waals surface area contributed by atoms with Gasteiger partial charge in [0.1, 0.15) is 5.92 Å². The molecule has 3 atom stereocenters. The van der Waals surface area contributed by atoms with E-state index >= 15 is 0 Å². The van der Waals surface area contributed by atoms with Crippen molar-refractivity contribution in [2.24, 2.45) is 5.92 Å². The summed E-state index contributed by atoms with van der Waals surface area (Å²) in [7, 11) is 0. The Labute approximate surface area is 56.9 Å². The Bertz CT molecular complexity index is 135. The van der Waals surface area contributed by atoms with Gasteiger partial charge >= 0.3 is 5.97 Å². The minimum absolute atomic E-state index is 0.113. The third-order valence-corrected chi connectivity index (χ3v) is 1.44. The lowest BCUT2D eigenvalue weighted by Crippen LogP contribution is -2.31. The van der Waals surface area contributed by atoms with E-state index in [1.54, 1.807) is 0 Å². The predicted molar refractivity (Wildman–Crippen MR) is 29.1 cm³/mol. The van der Waals surface area contributed by atoms with Crippen LogP contribution in [0.2, 0.25) is 0 Å². The molecule has 0 spiro atoms. The standard InChI is InChI=1S/C5H8O5/c6-2-1-10-5(9)3(2)4(7)8/h2-3,5-6,9H,1H2,(H,7,8). The molecule has 0 saturated carbocycles. The quantitative estimate of drug-likeness (QED) is 0.416. The van der Waals surface area contributed by atoms with Gasteiger partial charge < -0.3 is 20.1 Å². The maximum Gasteiger partial charge on any atom is 0.314 e. The topological polar surface area (TPSA) is 87.0 Å². The molecule has 0 radical (unpaired) electrons. The molecule has 0 aromatic rings. The first-order valence-corrected chi connectivity index (χ1v) is 2.83. The van der Waals surface area contributed by atoms with Crippen LogP contribution in [-0.2, 0) is 9.53 Å². The molecule has 5 nitrogen and oxygen atoms in total. The Balaban J connectivity index is 2.63. The summed E-state index contributed by atoms with van der Waals surface area (Å²) < 4.78 is 4.46. The zero-order chi connectivity index (χ0) is 7.72. The number of ether oxygens (including phenoxy) is 1. The van der Waals surface area contributed by atoms with Crippen LogP contribution in [0.4, 0.5) is 0 Å². The van der Waals surface area contributed by atoms with Crippen LogP contribution < -0.4 is 0 Å². The minimum atomic E-state index is -1.37. The van der Waals surface area contributed by atoms with Crippen LogP contribution in [0.15, 0.2) is 0 Å². The van der Waals surface area contributed by atoms with Crippen molar-refractivity contribution in [3.63, 3.8) is 0 Å². The van der Waals surface area contributed by atoms with Gasteiger partial charge in [-0.1, -0.05) is 0 Å². The first-order valence-electron chi connectivity index (χ1n) is 2.83. The average molecular weight is 148 g/mol. The fourth-order valence-electron chi connectivity index (χ4n) is 0.881. The van der Waals surface area contributed by atoms with Gasteiger partial charge in [0.05, 0.1) is 12.7 Å². The summed E-state index contributed by atoms with van der Waals surface area (Å²) in [5.41, 5.74) is 0. The van der Waals surface area contributed by atoms with Gasteiger partial charge in [0, 0.05) is 0 Å². The molecule has 58 valence electrons. The number of hydrogen-bond donors (Lipinski definition) is 3. The number of carbonyl (C=O) groups is 1. The lowest BCUT2D eigenvalue weighted by Gasteiger charge is -2.08. The Morgan fingerprint density at radius 1 is 1.50 bits per heavy atom. The van der Waals surface area contributed by atoms with E-state index in [-0.39, 0.29) is 6.61 Å². The zero-order valence-corrected chi connectivity index (χ0v) is 5.10. The summed E-state index contributed by atoms with van der Waals surface area (Å²) in [6.45, 7) is -0.113. The third-order valence-electron chi connectivity index (χ3n) is 1.44. The van der Waals surface area contributed by atoms with Gasteiger partial charge in [-0.25, -0.2) is 0 Å². The molecule has 0 amide bonds. The van der Waals surface area contributed by atoms with Crippen LogP contribution in [0.25, 0.3) is 0 Å². The number of carboxylic acids is 1. The average Bonchev–Trinajstić information content (AvgIpc) is 2.11. The van der Waals surface area contributed by atoms with Crippen LogP contribution in [0.1, 0.15) is 0 Å². The summed E-state index contributed by atoms with van der Waals surface area (Å²) in [6, 6.07) is 0. The highest BCUT2D eigenvalue weighted by Crippen LogP contribution is 2.19. The van der Waals surface area contributed by atoms with Gasteiger partial charge in [-0.2, -0.15) is 0 Å². The summed E-state index contributed by atoms with van der Waals surface area (Å²) in [6.07, 6.45) is -2.46. The molecule has 1 rings (SSSR count). The maximum atomic E-state index is 10.2. The number of aliphatic carboxylic acids is 1. The van der Waals surface area contributed by atoms with Crippen molar-refractivity contribution in [3.05, 3.63) is 0 Å². The van der Waals surface area contributed by atoms with Crippen molar-refractivity contribution in [3.8, 4) is 0 Å². The molecule has 3 unspecified atom stereocenters. The third kappa shape index (κ3) is 1.11. The lowest BCUT2D eigenvalue weighted by atomic mass is 10.1. The van der Waals surface area contributed by atoms with E-state index in [4.69, 9.17) is 15.3 Å². The van der Waals surface area contributed by atoms with Crippen molar-refractivity contribution in [2.45, 2.75) is 12.4 Å². The van der Waals surface area contributed by atoms with E-state index in [0.29, 0.717) is 0 Å². The molecule has 1 saturated heterocycles. The molecule has 1 aliphatic rings. The normalized spacial score (nSPS) is 40.0. The Morgan fingerprint density at radius 2 is 2.10 bits per heavy atom. The lowest BCUT2D eigenvalue weighted by molar-refractivity contribution is -0.155. The van der Waals surface area contributed by atoms with Crippen LogP contribution in [0.3, 0.4) is 0 Å². The maximum absolute atomic E-state index is 10.2. The van der Waals surface area contributed by atoms with E-state index in [1.165, 1.54) is 0 Å². The molecule has 1 aliphatic heterocycles. The Morgan fingerprint density at radius 3 is 2.30 bits per heavy atom. The molecule has 10 heavy (non-hydrogen) atoms. The van der Waals surface area contributed by atoms with Gasteiger partial charge in [0.15, 0.2) is 6.29 Å². The van der Waals surface area contributed by atoms with Gasteiger partial charge in [-0.05, 0) is 0 Å². The number of aliphatic hydroxyl groups is 2. The highest BCUT2D eigenvalue weighted by atomic mass is 16.6. The smallest absolute Gasteiger partial charge is 0.314 e. The number of carboxylic acid groups (broad SMARTS) is 1. The SMILES string of the molecule is O=C(O)C1C(O)COC1O. The zero-order valence-electron chi connectivity index (χ0n) is 5.10. The molecule has 5 heteroatoms. The largest absolute Gasteiger partial charge is 0.481 e. The molecule has 3 N–H and O–H groups in total. The van der Waals surface area contributed by atoms with Crippen LogP contribution in [-0.4, -0.2) is 40.3 Å². The van der Waals surface area contributed by atoms with E-state index < -0.39 is 24.3 Å². The van der Waals surface area contributed by atoms with Crippen molar-refractivity contribution < 1.29 is 24.9 Å². The first kappa shape index (κ1) is 7.46. The molecule has 0 aromatic carbocycles. The Kier molecular flexibility index (Phi) is 1.89. The number of rotatable bonds is 1. The van der Waals surface area contributed by atoms with E-state index in [0.717, 1.165) is 0 Å². The van der Waals surface area contributed by atoms with Crippen LogP contribution in [0, 0.1) is 5.92 Å². The monoisotopic (exact) mass is 148 g/mol. The molecule has 0 aliphatic carbocycles. The molecular weight excluding hydrogens is 140 g/mol. The summed E-state index contributed by atoms with van der Waals surface area (Å²) in [4.78, 5) is 10.2. The minimum Gasteiger partial charge on any atom is -0.481 e. The van der Waals surface area contributed by atoms with E-state index in [2.05, 4.69) is 4.74 Å². The van der Waals surface area contributed by atoms with Gasteiger partial charge in [-0.3, -0.25) is 4.79 Å². The van der Waals surface area contributed by atoms with Gasteiger partial charge in [0.2, 0.25) is 0 Å². The fourth-order valence-corrected chi connectivity index (χ4v) is 0.881. The molecule has 1 heterocycles. The summed E-state index contributed by atoms with van der Waals surface area (Å²) in [5, 5.41) is 26.0. The predicted octanol–water partition coefficient (Wildman–Crippen LogP) is -1.60. The van der Waals surface area contributed by atoms with E-state index in [9.17, 15) is 4.79 Å². The van der Waals surface area contributed by atoms with Crippen LogP contribution >= 0.6 is 0 Å². The molecule has 1 fully saturated rings. The van der Waals surface area contributed by atoms with Crippen molar-refractivity contribution in [1.29, 1.82) is 0 Å². The Hall–Kier alpha value is -0.650. The van der Waals surface area contributed by atoms with Crippen molar-refractivity contribution in [2.75, 3.05) is 6.61 Å². The number of aliphatic hydroxyl groups excluding tert-OH is 2. The van der Waals surface area contributed by atoms with Crippen LogP contribution in [0.5, 0.6) is 0 Å². The van der Waals surface area contributed by atoms with Gasteiger partial charge in [-0.15, -0.1) is 0 Å². The highest BCUT2D eigenvalue weighted by molar-refractivity contribution is 5.71. The second kappa shape index (κ2) is 2.53. The summed E-state index contributed by atoms with van der Waals surface area (Å²) >= 11 is 0.